The van der Waals surface area contributed by atoms with E-state index in [1.54, 1.807) is 13.4 Å². The largest absolute Gasteiger partial charge is 0.464 e. The summed E-state index contributed by atoms with van der Waals surface area (Å²) in [5, 5.41) is 11.7. The molecule has 140 valence electrons. The number of carbonyl (C=O) groups is 1. The van der Waals surface area contributed by atoms with Gasteiger partial charge in [0.15, 0.2) is 0 Å². The fourth-order valence-corrected chi connectivity index (χ4v) is 4.74. The number of benzene rings is 1. The number of rotatable bonds is 3. The van der Waals surface area contributed by atoms with E-state index in [-0.39, 0.29) is 30.1 Å². The highest BCUT2D eigenvalue weighted by Crippen LogP contribution is 2.42. The summed E-state index contributed by atoms with van der Waals surface area (Å²) >= 11 is 6.24. The van der Waals surface area contributed by atoms with Gasteiger partial charge in [-0.1, -0.05) is 11.6 Å². The number of hydrogen-bond acceptors (Lipinski definition) is 4. The highest BCUT2D eigenvalue weighted by Gasteiger charge is 2.52. The van der Waals surface area contributed by atoms with Crippen molar-refractivity contribution in [3.05, 3.63) is 34.5 Å². The Balaban J connectivity index is 1.58. The van der Waals surface area contributed by atoms with Crippen molar-refractivity contribution in [3.8, 4) is 0 Å². The van der Waals surface area contributed by atoms with Gasteiger partial charge >= 0.3 is 0 Å². The number of carbonyl (C=O) groups excluding carboxylic acids is 1. The first-order valence-corrected chi connectivity index (χ1v) is 9.50. The average Bonchev–Trinajstić information content (AvgIpc) is 3.17. The highest BCUT2D eigenvalue weighted by atomic mass is 35.5. The number of ether oxygens (including phenoxy) is 1. The summed E-state index contributed by atoms with van der Waals surface area (Å²) in [4.78, 5) is 14.9. The van der Waals surface area contributed by atoms with Crippen LogP contribution in [0, 0.1) is 6.92 Å². The van der Waals surface area contributed by atoms with E-state index in [0.717, 1.165) is 41.4 Å². The van der Waals surface area contributed by atoms with Gasteiger partial charge in [-0.25, -0.2) is 0 Å². The van der Waals surface area contributed by atoms with Crippen LogP contribution in [0.15, 0.2) is 22.8 Å². The molecule has 6 heteroatoms. The highest BCUT2D eigenvalue weighted by molar-refractivity contribution is 6.32. The van der Waals surface area contributed by atoms with Crippen molar-refractivity contribution in [1.29, 1.82) is 0 Å². The molecule has 2 aromatic rings. The van der Waals surface area contributed by atoms with Crippen molar-refractivity contribution in [2.24, 2.45) is 0 Å². The fraction of sp³-hybridized carbons (Fsp3) is 0.550. The quantitative estimate of drug-likeness (QED) is 0.889. The number of likely N-dealkylation sites (tertiary alicyclic amines) is 1. The van der Waals surface area contributed by atoms with Gasteiger partial charge in [0.25, 0.3) is 0 Å². The number of amides is 1. The van der Waals surface area contributed by atoms with Gasteiger partial charge in [-0.05, 0) is 50.3 Å². The molecule has 3 atom stereocenters. The third-order valence-corrected chi connectivity index (χ3v) is 6.57. The molecule has 0 unspecified atom stereocenters. The molecule has 2 aliphatic rings. The van der Waals surface area contributed by atoms with Crippen LogP contribution in [0.4, 0.5) is 0 Å². The van der Waals surface area contributed by atoms with Crippen LogP contribution in [-0.4, -0.2) is 47.3 Å². The Hall–Kier alpha value is -1.56. The molecule has 0 radical (unpaired) electrons. The van der Waals surface area contributed by atoms with Crippen molar-refractivity contribution in [2.75, 3.05) is 13.7 Å². The maximum Gasteiger partial charge on any atom is 0.227 e. The SMILES string of the molecule is CO[C@@]12CC[C@H](O)C[C@@H]1N(C(=O)Cc1coc3cc(C)c(Cl)cc13)CC2. The van der Waals surface area contributed by atoms with E-state index in [1.807, 2.05) is 24.0 Å². The smallest absolute Gasteiger partial charge is 0.227 e. The maximum absolute atomic E-state index is 13.0. The molecule has 1 saturated heterocycles. The van der Waals surface area contributed by atoms with Gasteiger partial charge in [0.05, 0.1) is 30.4 Å². The molecule has 2 heterocycles. The predicted octanol–water partition coefficient (Wildman–Crippen LogP) is 3.47. The minimum atomic E-state index is -0.367. The van der Waals surface area contributed by atoms with Crippen LogP contribution >= 0.6 is 11.6 Å². The van der Waals surface area contributed by atoms with E-state index >= 15 is 0 Å². The van der Waals surface area contributed by atoms with Gasteiger partial charge in [-0.15, -0.1) is 0 Å². The van der Waals surface area contributed by atoms with Crippen LogP contribution in [0.5, 0.6) is 0 Å². The number of methoxy groups -OCH3 is 1. The van der Waals surface area contributed by atoms with Gasteiger partial charge < -0.3 is 19.2 Å². The number of nitrogens with zero attached hydrogens (tertiary/aromatic N) is 1. The van der Waals surface area contributed by atoms with Crippen molar-refractivity contribution < 1.29 is 19.1 Å². The number of halogens is 1. The van der Waals surface area contributed by atoms with Gasteiger partial charge in [0.1, 0.15) is 5.58 Å². The Morgan fingerprint density at radius 3 is 3.04 bits per heavy atom. The second-order valence-electron chi connectivity index (χ2n) is 7.59. The van der Waals surface area contributed by atoms with E-state index in [2.05, 4.69) is 0 Å². The molecule has 26 heavy (non-hydrogen) atoms. The normalized spacial score (nSPS) is 28.5. The van der Waals surface area contributed by atoms with Gasteiger partial charge in [-0.3, -0.25) is 4.79 Å². The lowest BCUT2D eigenvalue weighted by molar-refractivity contribution is -0.139. The topological polar surface area (TPSA) is 62.9 Å². The molecule has 1 aromatic carbocycles. The Kier molecular flexibility index (Phi) is 4.49. The molecule has 0 bridgehead atoms. The summed E-state index contributed by atoms with van der Waals surface area (Å²) in [5.41, 5.74) is 2.23. The molecule has 1 aliphatic heterocycles. The average molecular weight is 378 g/mol. The molecular weight excluding hydrogens is 354 g/mol. The Morgan fingerprint density at radius 1 is 1.46 bits per heavy atom. The number of aliphatic hydroxyl groups excluding tert-OH is 1. The first-order valence-electron chi connectivity index (χ1n) is 9.12. The monoisotopic (exact) mass is 377 g/mol. The summed E-state index contributed by atoms with van der Waals surface area (Å²) in [5.74, 6) is 0.0439. The number of furan rings is 1. The summed E-state index contributed by atoms with van der Waals surface area (Å²) < 4.78 is 11.4. The molecule has 1 saturated carbocycles. The number of fused-ring (bicyclic) bond motifs is 2. The first kappa shape index (κ1) is 17.8. The zero-order valence-electron chi connectivity index (χ0n) is 15.1. The second kappa shape index (κ2) is 6.55. The summed E-state index contributed by atoms with van der Waals surface area (Å²) in [6.07, 6.45) is 4.47. The number of aryl methyl sites for hydroxylation is 1. The van der Waals surface area contributed by atoms with E-state index < -0.39 is 0 Å². The third kappa shape index (κ3) is 2.82. The summed E-state index contributed by atoms with van der Waals surface area (Å²) in [6, 6.07) is 3.70. The minimum absolute atomic E-state index is 0.0439. The fourth-order valence-electron chi connectivity index (χ4n) is 4.58. The number of aliphatic hydroxyl groups is 1. The molecule has 4 rings (SSSR count). The minimum Gasteiger partial charge on any atom is -0.464 e. The van der Waals surface area contributed by atoms with Crippen molar-refractivity contribution >= 4 is 28.5 Å². The molecular formula is C20H24ClNO4. The van der Waals surface area contributed by atoms with Gasteiger partial charge in [0, 0.05) is 29.6 Å². The summed E-state index contributed by atoms with van der Waals surface area (Å²) in [7, 11) is 1.71. The van der Waals surface area contributed by atoms with Crippen LogP contribution in [-0.2, 0) is 16.0 Å². The van der Waals surface area contributed by atoms with Crippen molar-refractivity contribution in [3.63, 3.8) is 0 Å². The van der Waals surface area contributed by atoms with Crippen LogP contribution in [0.1, 0.15) is 36.8 Å². The van der Waals surface area contributed by atoms with Crippen LogP contribution in [0.2, 0.25) is 5.02 Å². The van der Waals surface area contributed by atoms with E-state index in [4.69, 9.17) is 20.8 Å². The lowest BCUT2D eigenvalue weighted by atomic mass is 9.79. The zero-order chi connectivity index (χ0) is 18.5. The summed E-state index contributed by atoms with van der Waals surface area (Å²) in [6.45, 7) is 2.60. The van der Waals surface area contributed by atoms with Crippen molar-refractivity contribution in [2.45, 2.75) is 56.8 Å². The van der Waals surface area contributed by atoms with E-state index in [9.17, 15) is 9.90 Å². The zero-order valence-corrected chi connectivity index (χ0v) is 15.9. The number of hydrogen-bond donors (Lipinski definition) is 1. The predicted molar refractivity (Wildman–Crippen MR) is 99.4 cm³/mol. The van der Waals surface area contributed by atoms with Gasteiger partial charge in [0.2, 0.25) is 5.91 Å². The van der Waals surface area contributed by atoms with E-state index in [1.165, 1.54) is 0 Å². The molecule has 0 spiro atoms. The Labute approximate surface area is 157 Å². The molecule has 5 nitrogen and oxygen atoms in total. The lowest BCUT2D eigenvalue weighted by Crippen LogP contribution is -2.53. The molecule has 1 aromatic heterocycles. The molecule has 1 amide bonds. The lowest BCUT2D eigenvalue weighted by Gasteiger charge is -2.42. The van der Waals surface area contributed by atoms with Crippen LogP contribution in [0.25, 0.3) is 11.0 Å². The maximum atomic E-state index is 13.0. The molecule has 1 aliphatic carbocycles. The van der Waals surface area contributed by atoms with Crippen LogP contribution < -0.4 is 0 Å². The van der Waals surface area contributed by atoms with Crippen molar-refractivity contribution in [1.82, 2.24) is 4.90 Å². The Morgan fingerprint density at radius 2 is 2.27 bits per heavy atom. The first-order chi connectivity index (χ1) is 12.4. The standard InChI is InChI=1S/C20H24ClNO4/c1-12-7-17-15(10-16(12)21)13(11-26-17)8-19(24)22-6-5-20(25-2)4-3-14(23)9-18(20)22/h7,10-11,14,18,23H,3-6,8-9H2,1-2H3/t14-,18-,20+/m0/s1. The Bertz CT molecular complexity index is 848. The molecule has 2 fully saturated rings. The van der Waals surface area contributed by atoms with Gasteiger partial charge in [-0.2, -0.15) is 0 Å². The second-order valence-corrected chi connectivity index (χ2v) is 7.99. The van der Waals surface area contributed by atoms with Crippen LogP contribution in [0.3, 0.4) is 0 Å². The molecule has 1 N–H and O–H groups in total. The third-order valence-electron chi connectivity index (χ3n) is 6.16. The van der Waals surface area contributed by atoms with E-state index in [0.29, 0.717) is 18.0 Å².